The van der Waals surface area contributed by atoms with Crippen molar-refractivity contribution in [2.45, 2.75) is 64.0 Å². The molecule has 0 saturated heterocycles. The normalized spacial score (nSPS) is 13.5. The van der Waals surface area contributed by atoms with E-state index in [0.717, 1.165) is 24.3 Å². The summed E-state index contributed by atoms with van der Waals surface area (Å²) in [6.45, 7) is 9.37. The van der Waals surface area contributed by atoms with Crippen LogP contribution in [0.5, 0.6) is 11.6 Å². The van der Waals surface area contributed by atoms with Crippen LogP contribution in [0.1, 0.15) is 56.0 Å². The van der Waals surface area contributed by atoms with E-state index in [-0.39, 0.29) is 25.5 Å². The lowest BCUT2D eigenvalue weighted by molar-refractivity contribution is -0.138. The number of hydrogen-bond donors (Lipinski definition) is 1. The fourth-order valence-corrected chi connectivity index (χ4v) is 4.54. The SMILES string of the molecule is CCOCCOCCOCCOc1ccnc(C(Cc2ccc(C(F)(F)F)cc2)C(C)NC(=O)C(C)(C)Oc2ccc(C(F)(F)F)cn2)c1. The second-order valence-electron chi connectivity index (χ2n) is 11.4. The van der Waals surface area contributed by atoms with Crippen molar-refractivity contribution >= 4 is 5.91 Å². The summed E-state index contributed by atoms with van der Waals surface area (Å²) >= 11 is 0. The maximum Gasteiger partial charge on any atom is 0.417 e. The monoisotopic (exact) mass is 701 g/mol. The lowest BCUT2D eigenvalue weighted by Gasteiger charge is -2.30. The predicted molar refractivity (Wildman–Crippen MR) is 167 cm³/mol. The molecule has 0 fully saturated rings. The molecule has 2 heterocycles. The summed E-state index contributed by atoms with van der Waals surface area (Å²) < 4.78 is 106. The average molecular weight is 702 g/mol. The molecule has 0 aliphatic carbocycles. The van der Waals surface area contributed by atoms with Crippen molar-refractivity contribution in [3.63, 3.8) is 0 Å². The quantitative estimate of drug-likeness (QED) is 0.110. The number of aromatic nitrogens is 2. The highest BCUT2D eigenvalue weighted by Crippen LogP contribution is 2.32. The minimum Gasteiger partial charge on any atom is -0.491 e. The molecular formula is C34H41F6N3O6. The van der Waals surface area contributed by atoms with Gasteiger partial charge in [0.25, 0.3) is 5.91 Å². The Morgan fingerprint density at radius 1 is 0.796 bits per heavy atom. The van der Waals surface area contributed by atoms with Gasteiger partial charge in [0.15, 0.2) is 5.60 Å². The van der Waals surface area contributed by atoms with Crippen LogP contribution in [0.3, 0.4) is 0 Å². The summed E-state index contributed by atoms with van der Waals surface area (Å²) in [5, 5.41) is 2.87. The van der Waals surface area contributed by atoms with Gasteiger partial charge in [-0.05, 0) is 63.9 Å². The van der Waals surface area contributed by atoms with Gasteiger partial charge in [-0.3, -0.25) is 9.78 Å². The third-order valence-corrected chi connectivity index (χ3v) is 7.25. The molecule has 0 saturated carbocycles. The zero-order valence-electron chi connectivity index (χ0n) is 27.7. The summed E-state index contributed by atoms with van der Waals surface area (Å²) in [5.74, 6) is -0.874. The Hall–Kier alpha value is -3.95. The van der Waals surface area contributed by atoms with Gasteiger partial charge in [0.2, 0.25) is 5.88 Å². The summed E-state index contributed by atoms with van der Waals surface area (Å²) in [7, 11) is 0. The van der Waals surface area contributed by atoms with Gasteiger partial charge in [-0.2, -0.15) is 26.3 Å². The van der Waals surface area contributed by atoms with Gasteiger partial charge in [0.1, 0.15) is 12.4 Å². The fourth-order valence-electron chi connectivity index (χ4n) is 4.54. The average Bonchev–Trinajstić information content (AvgIpc) is 3.04. The van der Waals surface area contributed by atoms with Crippen LogP contribution < -0.4 is 14.8 Å². The molecule has 3 rings (SSSR count). The molecule has 9 nitrogen and oxygen atoms in total. The second kappa shape index (κ2) is 18.2. The molecule has 1 aromatic carbocycles. The van der Waals surface area contributed by atoms with Crippen molar-refractivity contribution in [3.8, 4) is 11.6 Å². The minimum atomic E-state index is -4.58. The van der Waals surface area contributed by atoms with E-state index >= 15 is 0 Å². The van der Waals surface area contributed by atoms with E-state index in [1.807, 2.05) is 6.92 Å². The molecule has 15 heteroatoms. The number of halogens is 6. The van der Waals surface area contributed by atoms with Gasteiger partial charge >= 0.3 is 12.4 Å². The molecule has 270 valence electrons. The highest BCUT2D eigenvalue weighted by molar-refractivity contribution is 5.85. The standard InChI is InChI=1S/C34H41F6N3O6/c1-5-45-14-15-46-16-17-47-18-19-48-27-12-13-41-29(21-27)28(20-24-6-8-25(9-7-24)33(35,36)37)23(2)43-31(44)32(3,4)49-30-11-10-26(22-42-30)34(38,39)40/h6-13,21-23,28H,5,14-20H2,1-4H3,(H,43,44). The van der Waals surface area contributed by atoms with Gasteiger partial charge in [0, 0.05) is 48.8 Å². The number of carbonyl (C=O) groups is 1. The number of alkyl halides is 6. The summed E-state index contributed by atoms with van der Waals surface area (Å²) in [4.78, 5) is 21.5. The van der Waals surface area contributed by atoms with Crippen LogP contribution in [0.25, 0.3) is 0 Å². The van der Waals surface area contributed by atoms with Crippen molar-refractivity contribution in [2.75, 3.05) is 46.2 Å². The van der Waals surface area contributed by atoms with Gasteiger partial charge in [0.05, 0.1) is 44.2 Å². The molecule has 1 amide bonds. The van der Waals surface area contributed by atoms with Crippen molar-refractivity contribution in [1.82, 2.24) is 15.3 Å². The Morgan fingerprint density at radius 3 is 1.96 bits per heavy atom. The van der Waals surface area contributed by atoms with Crippen LogP contribution in [0, 0.1) is 0 Å². The Balaban J connectivity index is 1.70. The van der Waals surface area contributed by atoms with Crippen LogP contribution in [-0.2, 0) is 37.8 Å². The largest absolute Gasteiger partial charge is 0.491 e. The van der Waals surface area contributed by atoms with E-state index in [2.05, 4.69) is 15.3 Å². The van der Waals surface area contributed by atoms with Gasteiger partial charge in [-0.15, -0.1) is 0 Å². The number of carbonyl (C=O) groups excluding carboxylic acids is 1. The summed E-state index contributed by atoms with van der Waals surface area (Å²) in [5.41, 5.74) is -2.26. The molecular weight excluding hydrogens is 660 g/mol. The van der Waals surface area contributed by atoms with Crippen LogP contribution in [0.15, 0.2) is 60.9 Å². The van der Waals surface area contributed by atoms with Crippen LogP contribution in [0.4, 0.5) is 26.3 Å². The topological polar surface area (TPSA) is 101 Å². The van der Waals surface area contributed by atoms with E-state index in [4.69, 9.17) is 23.7 Å². The predicted octanol–water partition coefficient (Wildman–Crippen LogP) is 6.65. The Kier molecular flexibility index (Phi) is 14.6. The highest BCUT2D eigenvalue weighted by Gasteiger charge is 2.35. The molecule has 1 N–H and O–H groups in total. The Labute approximate surface area is 281 Å². The van der Waals surface area contributed by atoms with Crippen LogP contribution >= 0.6 is 0 Å². The molecule has 0 aliphatic rings. The summed E-state index contributed by atoms with van der Waals surface area (Å²) in [6.07, 6.45) is -6.75. The number of ether oxygens (including phenoxy) is 5. The lowest BCUT2D eigenvalue weighted by atomic mass is 9.88. The smallest absolute Gasteiger partial charge is 0.417 e. The summed E-state index contributed by atoms with van der Waals surface area (Å²) in [6, 6.07) is 9.21. The molecule has 0 bridgehead atoms. The first-order valence-electron chi connectivity index (χ1n) is 15.6. The highest BCUT2D eigenvalue weighted by atomic mass is 19.4. The molecule has 2 unspecified atom stereocenters. The number of benzene rings is 1. The molecule has 2 aromatic heterocycles. The Morgan fingerprint density at radius 2 is 1.39 bits per heavy atom. The first-order valence-corrected chi connectivity index (χ1v) is 15.6. The first-order chi connectivity index (χ1) is 23.1. The number of hydrogen-bond acceptors (Lipinski definition) is 8. The molecule has 0 radical (unpaired) electrons. The molecule has 3 aromatic rings. The van der Waals surface area contributed by atoms with Crippen molar-refractivity contribution in [1.29, 1.82) is 0 Å². The molecule has 0 spiro atoms. The number of rotatable bonds is 19. The second-order valence-corrected chi connectivity index (χ2v) is 11.4. The van der Waals surface area contributed by atoms with E-state index in [1.165, 1.54) is 32.2 Å². The van der Waals surface area contributed by atoms with Crippen LogP contribution in [0.2, 0.25) is 0 Å². The molecule has 2 atom stereocenters. The number of nitrogens with zero attached hydrogens (tertiary/aromatic N) is 2. The van der Waals surface area contributed by atoms with Gasteiger partial charge < -0.3 is 29.0 Å². The van der Waals surface area contributed by atoms with Gasteiger partial charge in [-0.1, -0.05) is 12.1 Å². The lowest BCUT2D eigenvalue weighted by Crippen LogP contribution is -2.51. The first kappa shape index (κ1) is 39.5. The maximum absolute atomic E-state index is 13.4. The number of nitrogens with one attached hydrogen (secondary N) is 1. The van der Waals surface area contributed by atoms with Crippen molar-refractivity contribution in [2.24, 2.45) is 0 Å². The zero-order chi connectivity index (χ0) is 36.1. The van der Waals surface area contributed by atoms with E-state index in [0.29, 0.717) is 56.2 Å². The third kappa shape index (κ3) is 13.1. The maximum atomic E-state index is 13.4. The zero-order valence-corrected chi connectivity index (χ0v) is 27.7. The number of pyridine rings is 2. The van der Waals surface area contributed by atoms with Gasteiger partial charge in [-0.25, -0.2) is 4.98 Å². The minimum absolute atomic E-state index is 0.188. The van der Waals surface area contributed by atoms with Crippen LogP contribution in [-0.4, -0.2) is 73.8 Å². The Bertz CT molecular complexity index is 1440. The molecule has 49 heavy (non-hydrogen) atoms. The van der Waals surface area contributed by atoms with E-state index in [1.54, 1.807) is 19.1 Å². The molecule has 0 aliphatic heterocycles. The fraction of sp³-hybridized carbons (Fsp3) is 0.500. The van der Waals surface area contributed by atoms with Crippen molar-refractivity contribution < 1.29 is 54.8 Å². The number of amides is 1. The van der Waals surface area contributed by atoms with Crippen molar-refractivity contribution in [3.05, 3.63) is 83.3 Å². The third-order valence-electron chi connectivity index (χ3n) is 7.25. The van der Waals surface area contributed by atoms with E-state index < -0.39 is 46.9 Å². The van der Waals surface area contributed by atoms with E-state index in [9.17, 15) is 31.1 Å².